The Morgan fingerprint density at radius 2 is 1.76 bits per heavy atom. The number of carbonyl (C=O) groups is 1. The molecule has 0 aliphatic rings. The van der Waals surface area contributed by atoms with Crippen molar-refractivity contribution in [1.82, 2.24) is 4.98 Å². The van der Waals surface area contributed by atoms with E-state index < -0.39 is 0 Å². The number of fused-ring (bicyclic) bond motifs is 1. The number of hydrogen-bond acceptors (Lipinski definition) is 4. The van der Waals surface area contributed by atoms with Crippen LogP contribution in [0.4, 0.5) is 11.4 Å². The predicted octanol–water partition coefficient (Wildman–Crippen LogP) is 4.42. The van der Waals surface area contributed by atoms with Gasteiger partial charge in [0.1, 0.15) is 0 Å². The highest BCUT2D eigenvalue weighted by atomic mass is 32.2. The lowest BCUT2D eigenvalue weighted by Crippen LogP contribution is -2.22. The second kappa shape index (κ2) is 7.57. The molecule has 1 atom stereocenters. The third-order valence-corrected chi connectivity index (χ3v) is 4.93. The molecule has 1 aromatic heterocycles. The second-order valence-electron chi connectivity index (χ2n) is 6.03. The van der Waals surface area contributed by atoms with Gasteiger partial charge in [0.2, 0.25) is 5.91 Å². The van der Waals surface area contributed by atoms with Crippen molar-refractivity contribution in [3.8, 4) is 0 Å². The van der Waals surface area contributed by atoms with E-state index >= 15 is 0 Å². The molecule has 1 amide bonds. The summed E-state index contributed by atoms with van der Waals surface area (Å²) in [5.41, 5.74) is 2.84. The number of pyridine rings is 1. The molecule has 4 nitrogen and oxygen atoms in total. The number of benzene rings is 2. The van der Waals surface area contributed by atoms with Crippen LogP contribution in [0.15, 0.2) is 65.7 Å². The monoisotopic (exact) mass is 351 g/mol. The summed E-state index contributed by atoms with van der Waals surface area (Å²) in [6.45, 7) is 1.89. The topological polar surface area (TPSA) is 45.2 Å². The van der Waals surface area contributed by atoms with Crippen LogP contribution in [0.25, 0.3) is 10.9 Å². The van der Waals surface area contributed by atoms with Crippen LogP contribution >= 0.6 is 11.8 Å². The van der Waals surface area contributed by atoms with Crippen LogP contribution in [0.2, 0.25) is 0 Å². The number of nitrogens with zero attached hydrogens (tertiary/aromatic N) is 2. The van der Waals surface area contributed by atoms with Crippen molar-refractivity contribution in [2.24, 2.45) is 0 Å². The maximum absolute atomic E-state index is 12.4. The summed E-state index contributed by atoms with van der Waals surface area (Å²) in [5.74, 6) is -0.0300. The van der Waals surface area contributed by atoms with Crippen molar-refractivity contribution in [2.45, 2.75) is 17.2 Å². The molecule has 1 N–H and O–H groups in total. The quantitative estimate of drug-likeness (QED) is 0.691. The zero-order valence-electron chi connectivity index (χ0n) is 14.6. The summed E-state index contributed by atoms with van der Waals surface area (Å²) >= 11 is 1.46. The first-order valence-electron chi connectivity index (χ1n) is 8.13. The Labute approximate surface area is 152 Å². The van der Waals surface area contributed by atoms with Gasteiger partial charge in [-0.3, -0.25) is 4.79 Å². The minimum atomic E-state index is -0.234. The Morgan fingerprint density at radius 3 is 2.48 bits per heavy atom. The average Bonchev–Trinajstić information content (AvgIpc) is 2.62. The smallest absolute Gasteiger partial charge is 0.237 e. The molecule has 128 valence electrons. The van der Waals surface area contributed by atoms with E-state index in [-0.39, 0.29) is 11.2 Å². The lowest BCUT2D eigenvalue weighted by atomic mass is 10.2. The summed E-state index contributed by atoms with van der Waals surface area (Å²) < 4.78 is 0. The highest BCUT2D eigenvalue weighted by molar-refractivity contribution is 8.00. The van der Waals surface area contributed by atoms with Gasteiger partial charge in [-0.15, -0.1) is 0 Å². The van der Waals surface area contributed by atoms with E-state index in [2.05, 4.69) is 10.3 Å². The highest BCUT2D eigenvalue weighted by Crippen LogP contribution is 2.25. The lowest BCUT2D eigenvalue weighted by Gasteiger charge is -2.14. The Hall–Kier alpha value is -2.53. The summed E-state index contributed by atoms with van der Waals surface area (Å²) in [6.07, 6.45) is 0. The standard InChI is InChI=1S/C20H21N3OS/c1-14(20(24)21-16-9-11-17(12-10-16)23(2)3)25-19-13-8-15-6-4-5-7-18(15)22-19/h4-14H,1-3H3,(H,21,24). The number of rotatable bonds is 5. The van der Waals surface area contributed by atoms with Crippen LogP contribution in [0.5, 0.6) is 0 Å². The van der Waals surface area contributed by atoms with Gasteiger partial charge in [0.05, 0.1) is 15.8 Å². The average molecular weight is 351 g/mol. The van der Waals surface area contributed by atoms with Crippen LogP contribution in [-0.2, 0) is 4.79 Å². The summed E-state index contributed by atoms with van der Waals surface area (Å²) in [4.78, 5) is 19.1. The minimum absolute atomic E-state index is 0.0300. The molecule has 1 heterocycles. The Kier molecular flexibility index (Phi) is 5.24. The minimum Gasteiger partial charge on any atom is -0.378 e. The van der Waals surface area contributed by atoms with Crippen molar-refractivity contribution in [3.63, 3.8) is 0 Å². The van der Waals surface area contributed by atoms with Crippen LogP contribution in [0.3, 0.4) is 0 Å². The van der Waals surface area contributed by atoms with Crippen molar-refractivity contribution in [3.05, 3.63) is 60.7 Å². The zero-order valence-corrected chi connectivity index (χ0v) is 15.4. The SMILES string of the molecule is CC(Sc1ccc2ccccc2n1)C(=O)Nc1ccc(N(C)C)cc1. The van der Waals surface area contributed by atoms with Crippen molar-refractivity contribution < 1.29 is 4.79 Å². The van der Waals surface area contributed by atoms with Gasteiger partial charge in [-0.2, -0.15) is 0 Å². The van der Waals surface area contributed by atoms with Gasteiger partial charge in [-0.1, -0.05) is 36.0 Å². The highest BCUT2D eigenvalue weighted by Gasteiger charge is 2.15. The molecule has 0 spiro atoms. The largest absolute Gasteiger partial charge is 0.378 e. The zero-order chi connectivity index (χ0) is 17.8. The van der Waals surface area contributed by atoms with Gasteiger partial charge in [-0.25, -0.2) is 4.98 Å². The maximum Gasteiger partial charge on any atom is 0.237 e. The van der Waals surface area contributed by atoms with E-state index in [0.717, 1.165) is 27.3 Å². The first-order valence-corrected chi connectivity index (χ1v) is 9.01. The van der Waals surface area contributed by atoms with Gasteiger partial charge in [0.15, 0.2) is 0 Å². The third kappa shape index (κ3) is 4.31. The van der Waals surface area contributed by atoms with E-state index in [4.69, 9.17) is 0 Å². The molecule has 0 aliphatic carbocycles. The number of nitrogens with one attached hydrogen (secondary N) is 1. The number of para-hydroxylation sites is 1. The summed E-state index contributed by atoms with van der Waals surface area (Å²) in [5, 5.41) is 4.68. The maximum atomic E-state index is 12.4. The Balaban J connectivity index is 1.65. The van der Waals surface area contributed by atoms with Crippen molar-refractivity contribution >= 4 is 39.9 Å². The Bertz CT molecular complexity index is 878. The van der Waals surface area contributed by atoms with Crippen molar-refractivity contribution in [2.75, 3.05) is 24.3 Å². The van der Waals surface area contributed by atoms with Crippen LogP contribution in [0.1, 0.15) is 6.92 Å². The lowest BCUT2D eigenvalue weighted by molar-refractivity contribution is -0.115. The third-order valence-electron chi connectivity index (χ3n) is 3.89. The molecular formula is C20H21N3OS. The van der Waals surface area contributed by atoms with Gasteiger partial charge < -0.3 is 10.2 Å². The van der Waals surface area contributed by atoms with Gasteiger partial charge in [-0.05, 0) is 43.3 Å². The second-order valence-corrected chi connectivity index (χ2v) is 7.39. The molecule has 3 aromatic rings. The molecule has 3 rings (SSSR count). The molecule has 25 heavy (non-hydrogen) atoms. The first kappa shape index (κ1) is 17.3. The van der Waals surface area contributed by atoms with E-state index in [0.29, 0.717) is 0 Å². The number of amides is 1. The first-order chi connectivity index (χ1) is 12.0. The molecule has 0 fully saturated rings. The predicted molar refractivity (Wildman–Crippen MR) is 106 cm³/mol. The molecule has 5 heteroatoms. The van der Waals surface area contributed by atoms with E-state index in [9.17, 15) is 4.79 Å². The molecule has 0 aliphatic heterocycles. The fourth-order valence-electron chi connectivity index (χ4n) is 2.43. The fraction of sp³-hybridized carbons (Fsp3) is 0.200. The number of carbonyl (C=O) groups excluding carboxylic acids is 1. The summed E-state index contributed by atoms with van der Waals surface area (Å²) in [7, 11) is 3.98. The molecule has 0 radical (unpaired) electrons. The fourth-order valence-corrected chi connectivity index (χ4v) is 3.26. The van der Waals surface area contributed by atoms with Gasteiger partial charge in [0.25, 0.3) is 0 Å². The van der Waals surface area contributed by atoms with E-state index in [1.807, 2.05) is 86.6 Å². The molecular weight excluding hydrogens is 330 g/mol. The normalized spacial score (nSPS) is 12.0. The van der Waals surface area contributed by atoms with Crippen LogP contribution < -0.4 is 10.2 Å². The number of anilines is 2. The molecule has 0 bridgehead atoms. The van der Waals surface area contributed by atoms with Crippen molar-refractivity contribution in [1.29, 1.82) is 0 Å². The molecule has 0 saturated heterocycles. The van der Waals surface area contributed by atoms with Gasteiger partial charge >= 0.3 is 0 Å². The molecule has 2 aromatic carbocycles. The Morgan fingerprint density at radius 1 is 1.04 bits per heavy atom. The van der Waals surface area contributed by atoms with Gasteiger partial charge in [0, 0.05) is 30.9 Å². The van der Waals surface area contributed by atoms with E-state index in [1.165, 1.54) is 11.8 Å². The summed E-state index contributed by atoms with van der Waals surface area (Å²) in [6, 6.07) is 19.8. The molecule has 0 saturated carbocycles. The molecule has 1 unspecified atom stereocenters. The number of aromatic nitrogens is 1. The van der Waals surface area contributed by atoms with E-state index in [1.54, 1.807) is 0 Å². The van der Waals surface area contributed by atoms with Crippen LogP contribution in [0, 0.1) is 0 Å². The number of hydrogen-bond donors (Lipinski definition) is 1. The van der Waals surface area contributed by atoms with Crippen LogP contribution in [-0.4, -0.2) is 30.2 Å². The number of thioether (sulfide) groups is 1.